The Bertz CT molecular complexity index is 581. The van der Waals surface area contributed by atoms with Crippen LogP contribution < -0.4 is 0 Å². The van der Waals surface area contributed by atoms with Crippen molar-refractivity contribution in [1.29, 1.82) is 0 Å². The largest absolute Gasteiger partial charge is 0.472 e. The van der Waals surface area contributed by atoms with Crippen molar-refractivity contribution in [1.82, 2.24) is 0 Å². The van der Waals surface area contributed by atoms with Gasteiger partial charge in [-0.25, -0.2) is 4.79 Å². The third-order valence-corrected chi connectivity index (χ3v) is 2.73. The van der Waals surface area contributed by atoms with Crippen LogP contribution in [0, 0.1) is 47.4 Å². The van der Waals surface area contributed by atoms with Crippen LogP contribution in [0.2, 0.25) is 0 Å². The number of rotatable bonds is 8. The first-order chi connectivity index (χ1) is 10.8. The van der Waals surface area contributed by atoms with E-state index in [9.17, 15) is 4.79 Å². The second-order valence-corrected chi connectivity index (χ2v) is 4.64. The maximum absolute atomic E-state index is 10.1. The van der Waals surface area contributed by atoms with Crippen LogP contribution >= 0.6 is 0 Å². The van der Waals surface area contributed by atoms with Gasteiger partial charge in [-0.1, -0.05) is 57.4 Å². The fraction of sp³-hybridized carbons (Fsp3) is 0.450. The highest BCUT2D eigenvalue weighted by molar-refractivity contribution is 5.87. The summed E-state index contributed by atoms with van der Waals surface area (Å²) in [7, 11) is 0. The Morgan fingerprint density at radius 1 is 0.864 bits per heavy atom. The van der Waals surface area contributed by atoms with Gasteiger partial charge in [-0.3, -0.25) is 0 Å². The molecule has 2 heteroatoms. The molecule has 2 nitrogen and oxygen atoms in total. The van der Waals surface area contributed by atoms with Crippen LogP contribution in [0.3, 0.4) is 0 Å². The van der Waals surface area contributed by atoms with Crippen molar-refractivity contribution in [3.05, 3.63) is 12.2 Å². The maximum Gasteiger partial charge on any atom is 0.382 e. The number of carboxylic acid groups (broad SMARTS) is 1. The molecule has 0 saturated heterocycles. The van der Waals surface area contributed by atoms with E-state index in [1.165, 1.54) is 44.9 Å². The standard InChI is InChI=1S/C20H22O2/c1-2-3-4-5-6-7-8-9-10-11-12-13-14-15-16-17-18-19-20(21)22/h10-11H,2-9H2,1H3,(H,21,22). The first-order valence-corrected chi connectivity index (χ1v) is 7.67. The molecule has 0 rings (SSSR count). The monoisotopic (exact) mass is 294 g/mol. The Kier molecular flexibility index (Phi) is 14.6. The highest BCUT2D eigenvalue weighted by Crippen LogP contribution is 2.08. The Balaban J connectivity index is 3.67. The van der Waals surface area contributed by atoms with E-state index in [0.717, 1.165) is 6.42 Å². The smallest absolute Gasteiger partial charge is 0.382 e. The highest BCUT2D eigenvalue weighted by Gasteiger charge is 1.88. The number of hydrogen-bond donors (Lipinski definition) is 1. The number of unbranched alkanes of at least 4 members (excludes halogenated alkanes) is 7. The number of hydrogen-bond acceptors (Lipinski definition) is 1. The van der Waals surface area contributed by atoms with Gasteiger partial charge in [0.05, 0.1) is 0 Å². The van der Waals surface area contributed by atoms with E-state index < -0.39 is 5.97 Å². The van der Waals surface area contributed by atoms with E-state index in [1.807, 2.05) is 12.0 Å². The average molecular weight is 294 g/mol. The first-order valence-electron chi connectivity index (χ1n) is 7.67. The van der Waals surface area contributed by atoms with Crippen molar-refractivity contribution in [2.75, 3.05) is 0 Å². The molecule has 114 valence electrons. The molecule has 0 aromatic heterocycles. The summed E-state index contributed by atoms with van der Waals surface area (Å²) in [6.07, 6.45) is 14.1. The third kappa shape index (κ3) is 17.4. The van der Waals surface area contributed by atoms with Gasteiger partial charge < -0.3 is 5.11 Å². The molecule has 22 heavy (non-hydrogen) atoms. The van der Waals surface area contributed by atoms with Gasteiger partial charge >= 0.3 is 5.97 Å². The molecule has 0 unspecified atom stereocenters. The predicted octanol–water partition coefficient (Wildman–Crippen LogP) is 3.78. The molecular formula is C20H22O2. The second-order valence-electron chi connectivity index (χ2n) is 4.64. The van der Waals surface area contributed by atoms with E-state index in [-0.39, 0.29) is 0 Å². The molecule has 0 aliphatic carbocycles. The van der Waals surface area contributed by atoms with Gasteiger partial charge in [0.1, 0.15) is 0 Å². The lowest BCUT2D eigenvalue weighted by atomic mass is 10.1. The topological polar surface area (TPSA) is 37.3 Å². The summed E-state index contributed by atoms with van der Waals surface area (Å²) in [4.78, 5) is 10.1. The molecule has 0 heterocycles. The van der Waals surface area contributed by atoms with Crippen LogP contribution in [0.25, 0.3) is 0 Å². The summed E-state index contributed by atoms with van der Waals surface area (Å²) >= 11 is 0. The highest BCUT2D eigenvalue weighted by atomic mass is 16.4. The van der Waals surface area contributed by atoms with Gasteiger partial charge in [0.15, 0.2) is 0 Å². The van der Waals surface area contributed by atoms with Crippen molar-refractivity contribution in [3.63, 3.8) is 0 Å². The van der Waals surface area contributed by atoms with Crippen LogP contribution in [-0.4, -0.2) is 11.1 Å². The van der Waals surface area contributed by atoms with Crippen molar-refractivity contribution in [3.8, 4) is 47.4 Å². The normalized spacial score (nSPS) is 8.41. The summed E-state index contributed by atoms with van der Waals surface area (Å²) < 4.78 is 0. The minimum atomic E-state index is -1.20. The van der Waals surface area contributed by atoms with Crippen molar-refractivity contribution in [2.24, 2.45) is 0 Å². The molecule has 0 bridgehead atoms. The number of carbonyl (C=O) groups is 1. The molecule has 0 radical (unpaired) electrons. The van der Waals surface area contributed by atoms with Gasteiger partial charge in [0, 0.05) is 5.92 Å². The molecule has 0 saturated carbocycles. The number of allylic oxidation sites excluding steroid dienone is 2. The Labute approximate surface area is 134 Å². The van der Waals surface area contributed by atoms with E-state index in [4.69, 9.17) is 5.11 Å². The van der Waals surface area contributed by atoms with Crippen LogP contribution in [0.4, 0.5) is 0 Å². The zero-order valence-electron chi connectivity index (χ0n) is 13.2. The lowest BCUT2D eigenvalue weighted by Crippen LogP contribution is -1.85. The summed E-state index contributed by atoms with van der Waals surface area (Å²) in [5, 5.41) is 8.23. The van der Waals surface area contributed by atoms with Gasteiger partial charge in [-0.2, -0.15) is 0 Å². The van der Waals surface area contributed by atoms with E-state index in [0.29, 0.717) is 0 Å². The van der Waals surface area contributed by atoms with Crippen LogP contribution in [0.15, 0.2) is 12.2 Å². The lowest BCUT2D eigenvalue weighted by molar-refractivity contribution is -0.130. The van der Waals surface area contributed by atoms with Crippen LogP contribution in [0.5, 0.6) is 0 Å². The van der Waals surface area contributed by atoms with Crippen molar-refractivity contribution >= 4 is 5.97 Å². The lowest BCUT2D eigenvalue weighted by Gasteiger charge is -1.98. The molecular weight excluding hydrogens is 272 g/mol. The zero-order chi connectivity index (χ0) is 16.3. The van der Waals surface area contributed by atoms with Crippen LogP contribution in [0.1, 0.15) is 58.3 Å². The molecule has 0 aliphatic rings. The van der Waals surface area contributed by atoms with Gasteiger partial charge in [0.2, 0.25) is 0 Å². The quantitative estimate of drug-likeness (QED) is 0.546. The van der Waals surface area contributed by atoms with E-state index >= 15 is 0 Å². The van der Waals surface area contributed by atoms with Crippen LogP contribution in [-0.2, 0) is 4.79 Å². The number of aliphatic carboxylic acids is 1. The fourth-order valence-electron chi connectivity index (χ4n) is 1.65. The molecule has 0 aliphatic heterocycles. The van der Waals surface area contributed by atoms with Crippen molar-refractivity contribution in [2.45, 2.75) is 58.3 Å². The summed E-state index contributed by atoms with van der Waals surface area (Å²) in [5.74, 6) is 18.0. The Hall–Kier alpha value is -2.55. The first kappa shape index (κ1) is 19.4. The molecule has 0 aromatic rings. The minimum Gasteiger partial charge on any atom is -0.472 e. The second kappa shape index (κ2) is 16.5. The Morgan fingerprint density at radius 3 is 2.14 bits per heavy atom. The van der Waals surface area contributed by atoms with Gasteiger partial charge in [-0.15, -0.1) is 0 Å². The molecule has 0 atom stereocenters. The maximum atomic E-state index is 10.1. The summed E-state index contributed by atoms with van der Waals surface area (Å²) in [6, 6.07) is 0. The molecule has 1 N–H and O–H groups in total. The molecule has 0 spiro atoms. The SMILES string of the molecule is CCCCCCCCCC=CC#CC#CC#CC#CC(=O)O. The zero-order valence-corrected chi connectivity index (χ0v) is 13.2. The summed E-state index contributed by atoms with van der Waals surface area (Å²) in [6.45, 7) is 2.23. The van der Waals surface area contributed by atoms with Gasteiger partial charge in [-0.05, 0) is 54.4 Å². The third-order valence-electron chi connectivity index (χ3n) is 2.73. The Morgan fingerprint density at radius 2 is 1.45 bits per heavy atom. The molecule has 0 fully saturated rings. The fourth-order valence-corrected chi connectivity index (χ4v) is 1.65. The van der Waals surface area contributed by atoms with E-state index in [2.05, 4.69) is 54.4 Å². The molecule has 0 aromatic carbocycles. The molecule has 0 amide bonds. The van der Waals surface area contributed by atoms with Gasteiger partial charge in [0.25, 0.3) is 0 Å². The average Bonchev–Trinajstić information content (AvgIpc) is 2.50. The number of carboxylic acids is 1. The predicted molar refractivity (Wildman–Crippen MR) is 90.5 cm³/mol. The van der Waals surface area contributed by atoms with E-state index in [1.54, 1.807) is 0 Å². The minimum absolute atomic E-state index is 1.06. The van der Waals surface area contributed by atoms with Crippen molar-refractivity contribution < 1.29 is 9.90 Å². The summed E-state index contributed by atoms with van der Waals surface area (Å²) in [5.41, 5.74) is 0.